The molecule has 2 N–H and O–H groups in total. The van der Waals surface area contributed by atoms with Gasteiger partial charge in [0.1, 0.15) is 0 Å². The van der Waals surface area contributed by atoms with Crippen LogP contribution in [-0.2, 0) is 0 Å². The smallest absolute Gasteiger partial charge is 0.0250 e. The van der Waals surface area contributed by atoms with Gasteiger partial charge in [0.05, 0.1) is 0 Å². The zero-order valence-electron chi connectivity index (χ0n) is 10.8. The van der Waals surface area contributed by atoms with Crippen molar-refractivity contribution in [3.05, 3.63) is 0 Å². The monoisotopic (exact) mass is 224 g/mol. The lowest BCUT2D eigenvalue weighted by molar-refractivity contribution is 0.117. The minimum Gasteiger partial charge on any atom is -0.326 e. The number of nitrogens with two attached hydrogens (primary N) is 1. The number of likely N-dealkylation sites (N-methyl/N-ethyl adjacent to an activating group) is 1. The van der Waals surface area contributed by atoms with Gasteiger partial charge in [0.2, 0.25) is 0 Å². The molecular weight excluding hydrogens is 196 g/mol. The van der Waals surface area contributed by atoms with E-state index in [0.29, 0.717) is 12.1 Å². The summed E-state index contributed by atoms with van der Waals surface area (Å²) >= 11 is 0. The molecule has 0 heterocycles. The topological polar surface area (TPSA) is 29.3 Å². The summed E-state index contributed by atoms with van der Waals surface area (Å²) in [6.07, 6.45) is 12.4. The van der Waals surface area contributed by atoms with E-state index in [2.05, 4.69) is 11.8 Å². The molecule has 0 aromatic heterocycles. The van der Waals surface area contributed by atoms with Crippen LogP contribution in [0.4, 0.5) is 0 Å². The van der Waals surface area contributed by atoms with Crippen LogP contribution in [0.25, 0.3) is 0 Å². The average Bonchev–Trinajstić information content (AvgIpc) is 2.72. The van der Waals surface area contributed by atoms with Gasteiger partial charge >= 0.3 is 0 Å². The highest BCUT2D eigenvalue weighted by molar-refractivity contribution is 4.89. The zero-order valence-corrected chi connectivity index (χ0v) is 10.8. The van der Waals surface area contributed by atoms with Crippen LogP contribution in [0.15, 0.2) is 0 Å². The van der Waals surface area contributed by atoms with E-state index in [4.69, 9.17) is 5.73 Å². The van der Waals surface area contributed by atoms with Gasteiger partial charge in [-0.15, -0.1) is 0 Å². The summed E-state index contributed by atoms with van der Waals surface area (Å²) in [6.45, 7) is 3.51. The van der Waals surface area contributed by atoms with Gasteiger partial charge < -0.3 is 5.73 Å². The van der Waals surface area contributed by atoms with Crippen molar-refractivity contribution in [2.45, 2.75) is 82.8 Å². The summed E-state index contributed by atoms with van der Waals surface area (Å²) in [5.41, 5.74) is 6.38. The first-order valence-corrected chi connectivity index (χ1v) is 7.34. The molecule has 0 saturated heterocycles. The molecule has 2 rings (SSSR count). The third-order valence-electron chi connectivity index (χ3n) is 4.62. The number of rotatable bonds is 3. The predicted molar refractivity (Wildman–Crippen MR) is 69.5 cm³/mol. The van der Waals surface area contributed by atoms with Crippen molar-refractivity contribution in [1.82, 2.24) is 4.90 Å². The van der Waals surface area contributed by atoms with Gasteiger partial charge in [-0.05, 0) is 32.2 Å². The SMILES string of the molecule is CCN(C1CCCC1)C1CCCCCC1N. The Bertz CT molecular complexity index is 199. The Kier molecular flexibility index (Phi) is 4.66. The molecule has 2 aliphatic carbocycles. The Morgan fingerprint density at radius 3 is 2.25 bits per heavy atom. The van der Waals surface area contributed by atoms with Crippen LogP contribution in [-0.4, -0.2) is 29.6 Å². The van der Waals surface area contributed by atoms with Gasteiger partial charge in [0, 0.05) is 18.1 Å². The molecule has 0 aromatic carbocycles. The molecule has 0 aliphatic heterocycles. The molecule has 0 spiro atoms. The zero-order chi connectivity index (χ0) is 11.4. The molecule has 0 radical (unpaired) electrons. The van der Waals surface area contributed by atoms with E-state index in [1.165, 1.54) is 64.3 Å². The van der Waals surface area contributed by atoms with E-state index in [9.17, 15) is 0 Å². The molecule has 16 heavy (non-hydrogen) atoms. The van der Waals surface area contributed by atoms with Crippen LogP contribution in [0.3, 0.4) is 0 Å². The first-order chi connectivity index (χ1) is 7.83. The average molecular weight is 224 g/mol. The molecule has 2 atom stereocenters. The molecular formula is C14H28N2. The summed E-state index contributed by atoms with van der Waals surface area (Å²) in [6, 6.07) is 1.96. The van der Waals surface area contributed by atoms with Crippen molar-refractivity contribution in [2.75, 3.05) is 6.54 Å². The first-order valence-electron chi connectivity index (χ1n) is 7.34. The van der Waals surface area contributed by atoms with E-state index < -0.39 is 0 Å². The fourth-order valence-electron chi connectivity index (χ4n) is 3.73. The molecule has 2 heteroatoms. The van der Waals surface area contributed by atoms with Crippen molar-refractivity contribution < 1.29 is 0 Å². The third-order valence-corrected chi connectivity index (χ3v) is 4.62. The molecule has 0 amide bonds. The highest BCUT2D eigenvalue weighted by atomic mass is 15.2. The molecule has 2 fully saturated rings. The minimum atomic E-state index is 0.433. The van der Waals surface area contributed by atoms with Crippen molar-refractivity contribution in [3.8, 4) is 0 Å². The molecule has 0 bridgehead atoms. The lowest BCUT2D eigenvalue weighted by Crippen LogP contribution is -2.50. The van der Waals surface area contributed by atoms with Crippen LogP contribution >= 0.6 is 0 Å². The maximum Gasteiger partial charge on any atom is 0.0250 e. The second kappa shape index (κ2) is 6.02. The maximum absolute atomic E-state index is 6.38. The van der Waals surface area contributed by atoms with E-state index >= 15 is 0 Å². The Hall–Kier alpha value is -0.0800. The summed E-state index contributed by atoms with van der Waals surface area (Å²) < 4.78 is 0. The van der Waals surface area contributed by atoms with E-state index in [0.717, 1.165) is 6.04 Å². The van der Waals surface area contributed by atoms with E-state index in [1.807, 2.05) is 0 Å². The molecule has 0 aromatic rings. The van der Waals surface area contributed by atoms with Crippen LogP contribution in [0.2, 0.25) is 0 Å². The summed E-state index contributed by atoms with van der Waals surface area (Å²) in [5, 5.41) is 0. The van der Waals surface area contributed by atoms with Crippen molar-refractivity contribution in [3.63, 3.8) is 0 Å². The Balaban J connectivity index is 1.99. The highest BCUT2D eigenvalue weighted by Gasteiger charge is 2.31. The van der Waals surface area contributed by atoms with Gasteiger partial charge in [-0.3, -0.25) is 4.90 Å². The second-order valence-electron chi connectivity index (χ2n) is 5.64. The van der Waals surface area contributed by atoms with Crippen molar-refractivity contribution >= 4 is 0 Å². The Morgan fingerprint density at radius 1 is 0.938 bits per heavy atom. The summed E-state index contributed by atoms with van der Waals surface area (Å²) in [7, 11) is 0. The quantitative estimate of drug-likeness (QED) is 0.747. The maximum atomic E-state index is 6.38. The fourth-order valence-corrected chi connectivity index (χ4v) is 3.73. The highest BCUT2D eigenvalue weighted by Crippen LogP contribution is 2.29. The van der Waals surface area contributed by atoms with Crippen molar-refractivity contribution in [1.29, 1.82) is 0 Å². The number of hydrogen-bond donors (Lipinski definition) is 1. The van der Waals surface area contributed by atoms with Gasteiger partial charge in [-0.25, -0.2) is 0 Å². The van der Waals surface area contributed by atoms with E-state index in [1.54, 1.807) is 0 Å². The summed E-state index contributed by atoms with van der Waals surface area (Å²) in [4.78, 5) is 2.74. The van der Waals surface area contributed by atoms with Crippen molar-refractivity contribution in [2.24, 2.45) is 5.73 Å². The first kappa shape index (κ1) is 12.4. The number of hydrogen-bond acceptors (Lipinski definition) is 2. The standard InChI is InChI=1S/C14H28N2/c1-2-16(12-8-6-7-9-12)14-11-5-3-4-10-13(14)15/h12-14H,2-11,15H2,1H3. The Morgan fingerprint density at radius 2 is 1.56 bits per heavy atom. The van der Waals surface area contributed by atoms with Gasteiger partial charge in [0.25, 0.3) is 0 Å². The molecule has 2 aliphatic rings. The fraction of sp³-hybridized carbons (Fsp3) is 1.00. The molecule has 2 saturated carbocycles. The normalized spacial score (nSPS) is 33.2. The number of nitrogens with zero attached hydrogens (tertiary/aromatic N) is 1. The minimum absolute atomic E-state index is 0.433. The molecule has 2 unspecified atom stereocenters. The molecule has 2 nitrogen and oxygen atoms in total. The van der Waals surface area contributed by atoms with Crippen LogP contribution in [0.1, 0.15) is 64.7 Å². The van der Waals surface area contributed by atoms with Gasteiger partial charge in [-0.2, -0.15) is 0 Å². The molecule has 94 valence electrons. The van der Waals surface area contributed by atoms with Crippen LogP contribution < -0.4 is 5.73 Å². The summed E-state index contributed by atoms with van der Waals surface area (Å²) in [5.74, 6) is 0. The van der Waals surface area contributed by atoms with Crippen LogP contribution in [0, 0.1) is 0 Å². The lowest BCUT2D eigenvalue weighted by atomic mass is 9.99. The lowest BCUT2D eigenvalue weighted by Gasteiger charge is -2.38. The van der Waals surface area contributed by atoms with E-state index in [-0.39, 0.29) is 0 Å². The Labute approximate surface area is 101 Å². The third kappa shape index (κ3) is 2.78. The largest absolute Gasteiger partial charge is 0.326 e. The second-order valence-corrected chi connectivity index (χ2v) is 5.64. The van der Waals surface area contributed by atoms with Gasteiger partial charge in [-0.1, -0.05) is 39.0 Å². The predicted octanol–water partition coefficient (Wildman–Crippen LogP) is 2.91. The van der Waals surface area contributed by atoms with Crippen LogP contribution in [0.5, 0.6) is 0 Å². The van der Waals surface area contributed by atoms with Gasteiger partial charge in [0.15, 0.2) is 0 Å².